The first kappa shape index (κ1) is 20.5. The van der Waals surface area contributed by atoms with Crippen LogP contribution < -0.4 is 5.32 Å². The SMILES string of the molecule is Cc1ccc(-c2n[nH]c(=S)n2CCC(=O)Nc2cccc(C(=O)N(C)C)c2)cc1. The fourth-order valence-electron chi connectivity index (χ4n) is 2.87. The number of nitrogens with one attached hydrogen (secondary N) is 2. The minimum atomic E-state index is -0.169. The number of H-pyrrole nitrogens is 1. The Labute approximate surface area is 174 Å². The summed E-state index contributed by atoms with van der Waals surface area (Å²) in [5.74, 6) is 0.410. The van der Waals surface area contributed by atoms with Crippen LogP contribution in [0.4, 0.5) is 5.69 Å². The maximum atomic E-state index is 12.4. The molecule has 1 aromatic heterocycles. The van der Waals surface area contributed by atoms with Gasteiger partial charge in [-0.15, -0.1) is 0 Å². The molecule has 7 nitrogen and oxygen atoms in total. The second kappa shape index (κ2) is 8.83. The number of carbonyl (C=O) groups is 2. The highest BCUT2D eigenvalue weighted by Gasteiger charge is 2.12. The molecule has 3 aromatic rings. The third-order valence-electron chi connectivity index (χ3n) is 4.43. The number of aryl methyl sites for hydroxylation is 1. The van der Waals surface area contributed by atoms with Crippen molar-refractivity contribution in [3.8, 4) is 11.4 Å². The number of hydrogen-bond donors (Lipinski definition) is 2. The molecule has 0 saturated heterocycles. The molecular weight excluding hydrogens is 386 g/mol. The maximum absolute atomic E-state index is 12.4. The van der Waals surface area contributed by atoms with Crippen LogP contribution in [0.15, 0.2) is 48.5 Å². The number of carbonyl (C=O) groups excluding carboxylic acids is 2. The Morgan fingerprint density at radius 3 is 2.59 bits per heavy atom. The molecule has 29 heavy (non-hydrogen) atoms. The first-order valence-corrected chi connectivity index (χ1v) is 9.60. The maximum Gasteiger partial charge on any atom is 0.253 e. The van der Waals surface area contributed by atoms with E-state index in [-0.39, 0.29) is 18.2 Å². The van der Waals surface area contributed by atoms with Gasteiger partial charge in [-0.25, -0.2) is 0 Å². The Morgan fingerprint density at radius 2 is 1.90 bits per heavy atom. The van der Waals surface area contributed by atoms with Crippen LogP contribution in [0, 0.1) is 11.7 Å². The van der Waals surface area contributed by atoms with Gasteiger partial charge in [0.25, 0.3) is 5.91 Å². The van der Waals surface area contributed by atoms with E-state index in [1.165, 1.54) is 4.90 Å². The van der Waals surface area contributed by atoms with Gasteiger partial charge in [0.1, 0.15) is 0 Å². The molecule has 150 valence electrons. The molecule has 3 rings (SSSR count). The fraction of sp³-hybridized carbons (Fsp3) is 0.238. The van der Waals surface area contributed by atoms with Gasteiger partial charge >= 0.3 is 0 Å². The summed E-state index contributed by atoms with van der Waals surface area (Å²) >= 11 is 5.32. The zero-order valence-corrected chi connectivity index (χ0v) is 17.4. The van der Waals surface area contributed by atoms with Gasteiger partial charge in [-0.05, 0) is 37.3 Å². The van der Waals surface area contributed by atoms with E-state index in [1.54, 1.807) is 38.4 Å². The van der Waals surface area contributed by atoms with Crippen LogP contribution in [-0.2, 0) is 11.3 Å². The van der Waals surface area contributed by atoms with Crippen molar-refractivity contribution in [2.45, 2.75) is 19.9 Å². The molecule has 2 aromatic carbocycles. The summed E-state index contributed by atoms with van der Waals surface area (Å²) in [4.78, 5) is 26.0. The van der Waals surface area contributed by atoms with Crippen LogP contribution in [0.25, 0.3) is 11.4 Å². The lowest BCUT2D eigenvalue weighted by molar-refractivity contribution is -0.116. The van der Waals surface area contributed by atoms with Crippen molar-refractivity contribution in [1.82, 2.24) is 19.7 Å². The molecule has 0 saturated carbocycles. The lowest BCUT2D eigenvalue weighted by Crippen LogP contribution is -2.22. The van der Waals surface area contributed by atoms with Crippen LogP contribution >= 0.6 is 12.2 Å². The summed E-state index contributed by atoms with van der Waals surface area (Å²) in [6.07, 6.45) is 0.221. The minimum absolute atomic E-state index is 0.117. The van der Waals surface area contributed by atoms with Gasteiger partial charge in [0.05, 0.1) is 0 Å². The quantitative estimate of drug-likeness (QED) is 0.609. The molecule has 0 aliphatic heterocycles. The van der Waals surface area contributed by atoms with Gasteiger partial charge in [0, 0.05) is 43.9 Å². The normalized spacial score (nSPS) is 10.6. The summed E-state index contributed by atoms with van der Waals surface area (Å²) in [7, 11) is 3.38. The lowest BCUT2D eigenvalue weighted by atomic mass is 10.1. The molecule has 0 aliphatic carbocycles. The predicted octanol–water partition coefficient (Wildman–Crippen LogP) is 3.65. The highest BCUT2D eigenvalue weighted by molar-refractivity contribution is 7.71. The lowest BCUT2D eigenvalue weighted by Gasteiger charge is -2.12. The summed E-state index contributed by atoms with van der Waals surface area (Å²) in [5.41, 5.74) is 3.19. The standard InChI is InChI=1S/C21H23N5O2S/c1-14-7-9-15(10-8-14)19-23-24-21(29)26(19)12-11-18(27)22-17-6-4-5-16(13-17)20(28)25(2)3/h4-10,13H,11-12H2,1-3H3,(H,22,27)(H,24,29). The molecule has 0 radical (unpaired) electrons. The van der Waals surface area contributed by atoms with Gasteiger partial charge in [0.2, 0.25) is 5.91 Å². The van der Waals surface area contributed by atoms with E-state index in [0.717, 1.165) is 11.1 Å². The Balaban J connectivity index is 1.69. The summed E-state index contributed by atoms with van der Waals surface area (Å²) < 4.78 is 2.28. The van der Waals surface area contributed by atoms with Crippen LogP contribution in [0.1, 0.15) is 22.3 Å². The molecule has 2 amide bonds. The number of aromatic nitrogens is 3. The van der Waals surface area contributed by atoms with E-state index < -0.39 is 0 Å². The Hall–Kier alpha value is -3.26. The molecule has 0 aliphatic rings. The Kier molecular flexibility index (Phi) is 6.23. The minimum Gasteiger partial charge on any atom is -0.345 e. The van der Waals surface area contributed by atoms with Crippen LogP contribution in [-0.4, -0.2) is 45.6 Å². The molecule has 0 fully saturated rings. The molecule has 0 spiro atoms. The van der Waals surface area contributed by atoms with Crippen molar-refractivity contribution in [1.29, 1.82) is 0 Å². The van der Waals surface area contributed by atoms with Gasteiger partial charge < -0.3 is 10.2 Å². The molecule has 0 atom stereocenters. The van der Waals surface area contributed by atoms with Crippen molar-refractivity contribution in [2.75, 3.05) is 19.4 Å². The molecule has 8 heteroatoms. The van der Waals surface area contributed by atoms with Gasteiger partial charge in [-0.3, -0.25) is 19.3 Å². The van der Waals surface area contributed by atoms with E-state index in [2.05, 4.69) is 15.5 Å². The number of aromatic amines is 1. The average molecular weight is 410 g/mol. The third-order valence-corrected chi connectivity index (χ3v) is 4.74. The van der Waals surface area contributed by atoms with Crippen molar-refractivity contribution in [2.24, 2.45) is 0 Å². The highest BCUT2D eigenvalue weighted by Crippen LogP contribution is 2.18. The van der Waals surface area contributed by atoms with E-state index in [4.69, 9.17) is 12.2 Å². The Bertz CT molecular complexity index is 1080. The van der Waals surface area contributed by atoms with Crippen molar-refractivity contribution >= 4 is 29.7 Å². The number of anilines is 1. The number of rotatable bonds is 6. The summed E-state index contributed by atoms with van der Waals surface area (Å²) in [6.45, 7) is 2.41. The second-order valence-corrected chi connectivity index (χ2v) is 7.34. The summed E-state index contributed by atoms with van der Waals surface area (Å²) in [6, 6.07) is 14.9. The second-order valence-electron chi connectivity index (χ2n) is 6.95. The van der Waals surface area contributed by atoms with Crippen molar-refractivity contribution in [3.05, 3.63) is 64.4 Å². The van der Waals surface area contributed by atoms with Gasteiger partial charge in [0.15, 0.2) is 10.6 Å². The molecule has 2 N–H and O–H groups in total. The van der Waals surface area contributed by atoms with E-state index in [1.807, 2.05) is 35.8 Å². The van der Waals surface area contributed by atoms with Gasteiger partial charge in [-0.1, -0.05) is 35.9 Å². The van der Waals surface area contributed by atoms with Crippen LogP contribution in [0.3, 0.4) is 0 Å². The number of nitrogens with zero attached hydrogens (tertiary/aromatic N) is 3. The third kappa shape index (κ3) is 4.97. The van der Waals surface area contributed by atoms with Crippen molar-refractivity contribution in [3.63, 3.8) is 0 Å². The van der Waals surface area contributed by atoms with E-state index >= 15 is 0 Å². The van der Waals surface area contributed by atoms with E-state index in [9.17, 15) is 9.59 Å². The number of benzene rings is 2. The number of hydrogen-bond acceptors (Lipinski definition) is 4. The topological polar surface area (TPSA) is 83.0 Å². The Morgan fingerprint density at radius 1 is 1.17 bits per heavy atom. The summed E-state index contributed by atoms with van der Waals surface area (Å²) in [5, 5.41) is 9.93. The van der Waals surface area contributed by atoms with Crippen molar-refractivity contribution < 1.29 is 9.59 Å². The average Bonchev–Trinajstić information content (AvgIpc) is 3.07. The molecule has 1 heterocycles. The first-order chi connectivity index (χ1) is 13.8. The van der Waals surface area contributed by atoms with Gasteiger partial charge in [-0.2, -0.15) is 5.10 Å². The fourth-order valence-corrected chi connectivity index (χ4v) is 3.10. The molecule has 0 unspecified atom stereocenters. The highest BCUT2D eigenvalue weighted by atomic mass is 32.1. The van der Waals surface area contributed by atoms with Crippen LogP contribution in [0.2, 0.25) is 0 Å². The molecular formula is C21H23N5O2S. The van der Waals surface area contributed by atoms with Crippen LogP contribution in [0.5, 0.6) is 0 Å². The first-order valence-electron chi connectivity index (χ1n) is 9.19. The number of amides is 2. The molecule has 0 bridgehead atoms. The van der Waals surface area contributed by atoms with E-state index in [0.29, 0.717) is 28.4 Å². The largest absolute Gasteiger partial charge is 0.345 e. The zero-order chi connectivity index (χ0) is 21.0. The predicted molar refractivity (Wildman–Crippen MR) is 115 cm³/mol. The monoisotopic (exact) mass is 409 g/mol. The zero-order valence-electron chi connectivity index (χ0n) is 16.6. The smallest absolute Gasteiger partial charge is 0.253 e.